The summed E-state index contributed by atoms with van der Waals surface area (Å²) in [6, 6.07) is 7.23. The quantitative estimate of drug-likeness (QED) is 0.917. The maximum atomic E-state index is 6.12. The molecule has 2 N–H and O–H groups in total. The second-order valence-corrected chi connectivity index (χ2v) is 6.24. The summed E-state index contributed by atoms with van der Waals surface area (Å²) in [4.78, 5) is 2.48. The first-order chi connectivity index (χ1) is 9.75. The molecule has 20 heavy (non-hydrogen) atoms. The van der Waals surface area contributed by atoms with Crippen LogP contribution in [0, 0.1) is 0 Å². The molecule has 0 bridgehead atoms. The zero-order valence-electron chi connectivity index (χ0n) is 12.5. The van der Waals surface area contributed by atoms with E-state index in [1.807, 2.05) is 0 Å². The summed E-state index contributed by atoms with van der Waals surface area (Å²) in [5.41, 5.74) is 8.75. The van der Waals surface area contributed by atoms with Crippen molar-refractivity contribution < 1.29 is 4.74 Å². The molecule has 3 heteroatoms. The molecule has 1 aromatic rings. The molecule has 3 rings (SSSR count). The van der Waals surface area contributed by atoms with Crippen LogP contribution in [0.4, 0.5) is 0 Å². The average molecular weight is 274 g/mol. The van der Waals surface area contributed by atoms with E-state index in [4.69, 9.17) is 10.5 Å². The molecule has 3 nitrogen and oxygen atoms in total. The Morgan fingerprint density at radius 2 is 2.20 bits per heavy atom. The second-order valence-electron chi connectivity index (χ2n) is 6.24. The Bertz CT molecular complexity index is 460. The number of ether oxygens (including phenoxy) is 1. The van der Waals surface area contributed by atoms with E-state index in [2.05, 4.69) is 30.1 Å². The number of nitrogens with zero attached hydrogens (tertiary/aromatic N) is 1. The Morgan fingerprint density at radius 1 is 1.30 bits per heavy atom. The standard InChI is InChI=1S/C17H26N2O/c1-19-11-3-2-5-13(19)10-12-20-17-7-4-6-14-15(17)8-9-16(14)18/h4,6-7,13,16H,2-3,5,8-12,18H2,1H3. The van der Waals surface area contributed by atoms with Crippen LogP contribution < -0.4 is 10.5 Å². The summed E-state index contributed by atoms with van der Waals surface area (Å²) in [5.74, 6) is 1.06. The van der Waals surface area contributed by atoms with Crippen LogP contribution in [0.15, 0.2) is 18.2 Å². The van der Waals surface area contributed by atoms with Gasteiger partial charge in [0, 0.05) is 12.1 Å². The van der Waals surface area contributed by atoms with Gasteiger partial charge in [-0.15, -0.1) is 0 Å². The van der Waals surface area contributed by atoms with Crippen molar-refractivity contribution in [2.24, 2.45) is 5.73 Å². The van der Waals surface area contributed by atoms with Gasteiger partial charge in [-0.2, -0.15) is 0 Å². The fraction of sp³-hybridized carbons (Fsp3) is 0.647. The molecule has 0 saturated carbocycles. The fourth-order valence-electron chi connectivity index (χ4n) is 3.60. The van der Waals surface area contributed by atoms with E-state index in [0.29, 0.717) is 6.04 Å². The van der Waals surface area contributed by atoms with Crippen LogP contribution in [0.2, 0.25) is 0 Å². The molecule has 1 aliphatic heterocycles. The smallest absolute Gasteiger partial charge is 0.122 e. The van der Waals surface area contributed by atoms with Crippen molar-refractivity contribution in [3.8, 4) is 5.75 Å². The molecule has 0 aromatic heterocycles. The maximum absolute atomic E-state index is 6.12. The van der Waals surface area contributed by atoms with Crippen LogP contribution in [0.25, 0.3) is 0 Å². The number of likely N-dealkylation sites (tertiary alicyclic amines) is 1. The third-order valence-corrected chi connectivity index (χ3v) is 4.90. The first-order valence-corrected chi connectivity index (χ1v) is 7.96. The largest absolute Gasteiger partial charge is 0.493 e. The van der Waals surface area contributed by atoms with E-state index < -0.39 is 0 Å². The molecule has 2 unspecified atom stereocenters. The molecule has 0 spiro atoms. The molecule has 1 aromatic carbocycles. The molecule has 1 saturated heterocycles. The summed E-state index contributed by atoms with van der Waals surface area (Å²) in [5, 5.41) is 0. The first-order valence-electron chi connectivity index (χ1n) is 7.96. The minimum absolute atomic E-state index is 0.207. The van der Waals surface area contributed by atoms with Crippen molar-refractivity contribution in [2.45, 2.75) is 50.6 Å². The summed E-state index contributed by atoms with van der Waals surface area (Å²) in [6.45, 7) is 2.06. The zero-order chi connectivity index (χ0) is 13.9. The molecule has 1 heterocycles. The number of rotatable bonds is 4. The summed E-state index contributed by atoms with van der Waals surface area (Å²) in [6.07, 6.45) is 7.28. The highest BCUT2D eigenvalue weighted by Gasteiger charge is 2.23. The molecular weight excluding hydrogens is 248 g/mol. The van der Waals surface area contributed by atoms with E-state index in [9.17, 15) is 0 Å². The highest BCUT2D eigenvalue weighted by molar-refractivity contribution is 5.44. The average Bonchev–Trinajstić information content (AvgIpc) is 2.84. The van der Waals surface area contributed by atoms with E-state index >= 15 is 0 Å². The van der Waals surface area contributed by atoms with Crippen molar-refractivity contribution >= 4 is 0 Å². The Morgan fingerprint density at radius 3 is 3.05 bits per heavy atom. The lowest BCUT2D eigenvalue weighted by molar-refractivity contribution is 0.153. The first kappa shape index (κ1) is 13.9. The van der Waals surface area contributed by atoms with E-state index in [0.717, 1.165) is 31.6 Å². The molecule has 1 fully saturated rings. The van der Waals surface area contributed by atoms with Gasteiger partial charge in [-0.05, 0) is 62.9 Å². The summed E-state index contributed by atoms with van der Waals surface area (Å²) >= 11 is 0. The van der Waals surface area contributed by atoms with Gasteiger partial charge in [-0.3, -0.25) is 0 Å². The third-order valence-electron chi connectivity index (χ3n) is 4.90. The number of hydrogen-bond acceptors (Lipinski definition) is 3. The number of piperidine rings is 1. The van der Waals surface area contributed by atoms with Gasteiger partial charge in [0.1, 0.15) is 5.75 Å². The Balaban J connectivity index is 1.57. The van der Waals surface area contributed by atoms with Gasteiger partial charge < -0.3 is 15.4 Å². The molecule has 1 aliphatic carbocycles. The van der Waals surface area contributed by atoms with Crippen LogP contribution >= 0.6 is 0 Å². The van der Waals surface area contributed by atoms with Gasteiger partial charge in [0.15, 0.2) is 0 Å². The zero-order valence-corrected chi connectivity index (χ0v) is 12.5. The van der Waals surface area contributed by atoms with Crippen molar-refractivity contribution in [2.75, 3.05) is 20.2 Å². The van der Waals surface area contributed by atoms with E-state index in [1.165, 1.54) is 36.9 Å². The summed E-state index contributed by atoms with van der Waals surface area (Å²) < 4.78 is 6.07. The molecule has 110 valence electrons. The fourth-order valence-corrected chi connectivity index (χ4v) is 3.60. The lowest BCUT2D eigenvalue weighted by Crippen LogP contribution is -2.37. The van der Waals surface area contributed by atoms with Crippen LogP contribution in [-0.4, -0.2) is 31.1 Å². The SMILES string of the molecule is CN1CCCCC1CCOc1cccc2c1CCC2N. The second kappa shape index (κ2) is 6.15. The van der Waals surface area contributed by atoms with Gasteiger partial charge in [-0.25, -0.2) is 0 Å². The van der Waals surface area contributed by atoms with Crippen LogP contribution in [0.3, 0.4) is 0 Å². The van der Waals surface area contributed by atoms with Gasteiger partial charge >= 0.3 is 0 Å². The Hall–Kier alpha value is -1.06. The lowest BCUT2D eigenvalue weighted by atomic mass is 10.0. The predicted molar refractivity (Wildman–Crippen MR) is 82.1 cm³/mol. The minimum atomic E-state index is 0.207. The maximum Gasteiger partial charge on any atom is 0.122 e. The van der Waals surface area contributed by atoms with Gasteiger partial charge in [-0.1, -0.05) is 18.6 Å². The highest BCUT2D eigenvalue weighted by Crippen LogP contribution is 2.35. The Labute approximate surface area is 122 Å². The lowest BCUT2D eigenvalue weighted by Gasteiger charge is -2.32. The predicted octanol–water partition coefficient (Wildman–Crippen LogP) is 2.89. The van der Waals surface area contributed by atoms with Crippen LogP contribution in [-0.2, 0) is 6.42 Å². The monoisotopic (exact) mass is 274 g/mol. The number of hydrogen-bond donors (Lipinski definition) is 1. The molecule has 0 amide bonds. The van der Waals surface area contributed by atoms with Gasteiger partial charge in [0.05, 0.1) is 6.61 Å². The summed E-state index contributed by atoms with van der Waals surface area (Å²) in [7, 11) is 2.24. The van der Waals surface area contributed by atoms with E-state index in [-0.39, 0.29) is 6.04 Å². The number of fused-ring (bicyclic) bond motifs is 1. The van der Waals surface area contributed by atoms with Crippen molar-refractivity contribution in [3.63, 3.8) is 0 Å². The third kappa shape index (κ3) is 2.84. The molecule has 2 atom stereocenters. The normalized spacial score (nSPS) is 26.5. The van der Waals surface area contributed by atoms with Crippen molar-refractivity contribution in [1.29, 1.82) is 0 Å². The van der Waals surface area contributed by atoms with Crippen LogP contribution in [0.5, 0.6) is 5.75 Å². The molecule has 0 radical (unpaired) electrons. The number of nitrogens with two attached hydrogens (primary N) is 1. The van der Waals surface area contributed by atoms with Crippen molar-refractivity contribution in [1.82, 2.24) is 4.90 Å². The molecular formula is C17H26N2O. The van der Waals surface area contributed by atoms with Crippen molar-refractivity contribution in [3.05, 3.63) is 29.3 Å². The highest BCUT2D eigenvalue weighted by atomic mass is 16.5. The van der Waals surface area contributed by atoms with Gasteiger partial charge in [0.2, 0.25) is 0 Å². The molecule has 2 aliphatic rings. The number of benzene rings is 1. The Kier molecular flexibility index (Phi) is 4.27. The minimum Gasteiger partial charge on any atom is -0.493 e. The van der Waals surface area contributed by atoms with Gasteiger partial charge in [0.25, 0.3) is 0 Å². The van der Waals surface area contributed by atoms with Crippen LogP contribution in [0.1, 0.15) is 49.3 Å². The van der Waals surface area contributed by atoms with E-state index in [1.54, 1.807) is 0 Å². The topological polar surface area (TPSA) is 38.5 Å².